The number of thiocarbonyl (C=S) groups is 1. The van der Waals surface area contributed by atoms with Crippen LogP contribution in [0.1, 0.15) is 15.9 Å². The molecule has 0 atom stereocenters. The molecule has 0 aliphatic carbocycles. The third-order valence-electron chi connectivity index (χ3n) is 4.19. The molecule has 2 N–H and O–H groups in total. The van der Waals surface area contributed by atoms with Crippen molar-refractivity contribution in [2.75, 3.05) is 19.1 Å². The fourth-order valence-electron chi connectivity index (χ4n) is 2.75. The summed E-state index contributed by atoms with van der Waals surface area (Å²) in [5, 5.41) is 11.4. The van der Waals surface area contributed by atoms with Crippen molar-refractivity contribution in [2.45, 2.75) is 0 Å². The second kappa shape index (κ2) is 8.11. The first kappa shape index (κ1) is 20.0. The maximum Gasteiger partial charge on any atom is 0.335 e. The summed E-state index contributed by atoms with van der Waals surface area (Å²) >= 11 is 5.13. The zero-order valence-corrected chi connectivity index (χ0v) is 16.3. The van der Waals surface area contributed by atoms with E-state index in [1.807, 2.05) is 0 Å². The zero-order chi connectivity index (χ0) is 21.1. The summed E-state index contributed by atoms with van der Waals surface area (Å²) < 4.78 is 10.4. The van der Waals surface area contributed by atoms with Crippen LogP contribution in [-0.4, -0.2) is 42.2 Å². The molecule has 2 amide bonds. The smallest absolute Gasteiger partial charge is 0.335 e. The van der Waals surface area contributed by atoms with E-state index in [2.05, 4.69) is 5.32 Å². The van der Waals surface area contributed by atoms with Crippen LogP contribution in [0.5, 0.6) is 11.5 Å². The number of carboxylic acid groups (broad SMARTS) is 1. The van der Waals surface area contributed by atoms with Gasteiger partial charge in [0.05, 0.1) is 25.5 Å². The van der Waals surface area contributed by atoms with Crippen LogP contribution in [0.2, 0.25) is 0 Å². The lowest BCUT2D eigenvalue weighted by Crippen LogP contribution is -2.54. The number of nitrogens with zero attached hydrogens (tertiary/aromatic N) is 1. The molecule has 1 saturated heterocycles. The normalized spacial score (nSPS) is 15.3. The Bertz CT molecular complexity index is 1050. The molecule has 0 aromatic heterocycles. The number of carbonyl (C=O) groups is 3. The molecule has 148 valence electrons. The lowest BCUT2D eigenvalue weighted by Gasteiger charge is -2.29. The van der Waals surface area contributed by atoms with Gasteiger partial charge in [-0.1, -0.05) is 6.07 Å². The average molecular weight is 412 g/mol. The number of carboxylic acids is 1. The van der Waals surface area contributed by atoms with Crippen molar-refractivity contribution in [3.05, 3.63) is 59.2 Å². The molecule has 1 aliphatic heterocycles. The first-order valence-corrected chi connectivity index (χ1v) is 8.73. The Balaban J connectivity index is 1.98. The molecule has 0 bridgehead atoms. The number of carbonyl (C=O) groups excluding carboxylic acids is 2. The van der Waals surface area contributed by atoms with Crippen LogP contribution in [0.4, 0.5) is 5.69 Å². The van der Waals surface area contributed by atoms with Crippen LogP contribution >= 0.6 is 12.2 Å². The molecule has 0 unspecified atom stereocenters. The Morgan fingerprint density at radius 2 is 1.72 bits per heavy atom. The van der Waals surface area contributed by atoms with Crippen molar-refractivity contribution in [3.63, 3.8) is 0 Å². The van der Waals surface area contributed by atoms with E-state index in [9.17, 15) is 14.4 Å². The van der Waals surface area contributed by atoms with Crippen molar-refractivity contribution < 1.29 is 29.0 Å². The van der Waals surface area contributed by atoms with E-state index in [4.69, 9.17) is 26.8 Å². The highest BCUT2D eigenvalue weighted by Gasteiger charge is 2.34. The molecule has 1 heterocycles. The number of hydrogen-bond donors (Lipinski definition) is 2. The molecular formula is C20H16N2O6S. The molecule has 8 nitrogen and oxygen atoms in total. The number of benzene rings is 2. The number of nitrogens with one attached hydrogen (secondary N) is 1. The average Bonchev–Trinajstić information content (AvgIpc) is 2.71. The van der Waals surface area contributed by atoms with Gasteiger partial charge in [-0.3, -0.25) is 19.8 Å². The molecule has 2 aromatic rings. The molecule has 1 fully saturated rings. The Morgan fingerprint density at radius 1 is 1.07 bits per heavy atom. The number of methoxy groups -OCH3 is 2. The number of hydrogen-bond acceptors (Lipinski definition) is 6. The molecule has 9 heteroatoms. The summed E-state index contributed by atoms with van der Waals surface area (Å²) in [6.07, 6.45) is 1.42. The zero-order valence-electron chi connectivity index (χ0n) is 15.5. The van der Waals surface area contributed by atoms with Gasteiger partial charge in [-0.25, -0.2) is 4.79 Å². The minimum absolute atomic E-state index is 0.0641. The van der Waals surface area contributed by atoms with Gasteiger partial charge in [0.15, 0.2) is 16.6 Å². The van der Waals surface area contributed by atoms with Crippen LogP contribution in [0.25, 0.3) is 6.08 Å². The quantitative estimate of drug-likeness (QED) is 0.441. The predicted octanol–water partition coefficient (Wildman–Crippen LogP) is 2.23. The summed E-state index contributed by atoms with van der Waals surface area (Å²) in [7, 11) is 2.98. The second-order valence-corrected chi connectivity index (χ2v) is 6.31. The summed E-state index contributed by atoms with van der Waals surface area (Å²) in [5.41, 5.74) is 0.820. The van der Waals surface area contributed by atoms with Gasteiger partial charge in [0, 0.05) is 0 Å². The van der Waals surface area contributed by atoms with Gasteiger partial charge in [-0.2, -0.15) is 0 Å². The monoisotopic (exact) mass is 412 g/mol. The van der Waals surface area contributed by atoms with E-state index in [0.717, 1.165) is 4.90 Å². The number of aromatic carboxylic acids is 1. The highest BCUT2D eigenvalue weighted by atomic mass is 32.1. The molecule has 1 aliphatic rings. The van der Waals surface area contributed by atoms with E-state index in [0.29, 0.717) is 22.7 Å². The fourth-order valence-corrected chi connectivity index (χ4v) is 3.04. The Hall–Kier alpha value is -3.72. The fraction of sp³-hybridized carbons (Fsp3) is 0.100. The first-order chi connectivity index (χ1) is 13.8. The number of ether oxygens (including phenoxy) is 2. The van der Waals surface area contributed by atoms with Gasteiger partial charge in [0.2, 0.25) is 0 Å². The second-order valence-electron chi connectivity index (χ2n) is 5.92. The van der Waals surface area contributed by atoms with Crippen LogP contribution < -0.4 is 19.7 Å². The third kappa shape index (κ3) is 3.94. The lowest BCUT2D eigenvalue weighted by atomic mass is 10.1. The highest BCUT2D eigenvalue weighted by Crippen LogP contribution is 2.29. The van der Waals surface area contributed by atoms with E-state index in [-0.39, 0.29) is 16.2 Å². The number of amides is 2. The minimum atomic E-state index is -1.09. The van der Waals surface area contributed by atoms with Crippen molar-refractivity contribution >= 4 is 46.9 Å². The van der Waals surface area contributed by atoms with Crippen LogP contribution in [0.3, 0.4) is 0 Å². The summed E-state index contributed by atoms with van der Waals surface area (Å²) in [4.78, 5) is 37.5. The van der Waals surface area contributed by atoms with Gasteiger partial charge in [0.25, 0.3) is 11.8 Å². The third-order valence-corrected chi connectivity index (χ3v) is 4.48. The van der Waals surface area contributed by atoms with Crippen LogP contribution in [-0.2, 0) is 9.59 Å². The van der Waals surface area contributed by atoms with Crippen LogP contribution in [0, 0.1) is 0 Å². The summed E-state index contributed by atoms with van der Waals surface area (Å²) in [6.45, 7) is 0. The van der Waals surface area contributed by atoms with E-state index < -0.39 is 17.8 Å². The first-order valence-electron chi connectivity index (χ1n) is 8.32. The Labute approximate surface area is 171 Å². The molecule has 0 spiro atoms. The van der Waals surface area contributed by atoms with Gasteiger partial charge in [-0.05, 0) is 60.3 Å². The summed E-state index contributed by atoms with van der Waals surface area (Å²) in [6, 6.07) is 10.5. The topological polar surface area (TPSA) is 105 Å². The Morgan fingerprint density at radius 3 is 2.31 bits per heavy atom. The van der Waals surface area contributed by atoms with Gasteiger partial charge < -0.3 is 14.6 Å². The molecule has 0 radical (unpaired) electrons. The largest absolute Gasteiger partial charge is 0.493 e. The van der Waals surface area contributed by atoms with Gasteiger partial charge in [-0.15, -0.1) is 0 Å². The van der Waals surface area contributed by atoms with E-state index in [1.165, 1.54) is 44.6 Å². The minimum Gasteiger partial charge on any atom is -0.493 e. The van der Waals surface area contributed by atoms with Crippen LogP contribution in [0.15, 0.2) is 48.0 Å². The SMILES string of the molecule is COc1ccc(/C=C2/C(=O)NC(=S)N(c3ccc(C(=O)O)cc3)C2=O)cc1OC. The molecule has 3 rings (SSSR count). The molecule has 29 heavy (non-hydrogen) atoms. The Kier molecular flexibility index (Phi) is 5.60. The van der Waals surface area contributed by atoms with Crippen molar-refractivity contribution in [1.29, 1.82) is 0 Å². The van der Waals surface area contributed by atoms with E-state index in [1.54, 1.807) is 18.2 Å². The number of anilines is 1. The highest BCUT2D eigenvalue weighted by molar-refractivity contribution is 7.80. The van der Waals surface area contributed by atoms with Gasteiger partial charge in [0.1, 0.15) is 5.57 Å². The molecule has 2 aromatic carbocycles. The molecular weight excluding hydrogens is 396 g/mol. The van der Waals surface area contributed by atoms with E-state index >= 15 is 0 Å². The standard InChI is InChI=1S/C20H16N2O6S/c1-27-15-8-3-11(10-16(15)28-2)9-14-17(23)21-20(29)22(18(14)24)13-6-4-12(5-7-13)19(25)26/h3-10H,1-2H3,(H,25,26)(H,21,23,29)/b14-9-. The van der Waals surface area contributed by atoms with Crippen molar-refractivity contribution in [2.24, 2.45) is 0 Å². The maximum absolute atomic E-state index is 13.0. The van der Waals surface area contributed by atoms with Gasteiger partial charge >= 0.3 is 5.97 Å². The number of rotatable bonds is 5. The summed E-state index contributed by atoms with van der Waals surface area (Å²) in [5.74, 6) is -1.39. The maximum atomic E-state index is 13.0. The lowest BCUT2D eigenvalue weighted by molar-refractivity contribution is -0.122. The van der Waals surface area contributed by atoms with Crippen molar-refractivity contribution in [1.82, 2.24) is 5.32 Å². The predicted molar refractivity (Wildman–Crippen MR) is 109 cm³/mol. The molecule has 0 saturated carbocycles. The van der Waals surface area contributed by atoms with Crippen molar-refractivity contribution in [3.8, 4) is 11.5 Å².